The van der Waals surface area contributed by atoms with E-state index in [4.69, 9.17) is 16.3 Å². The van der Waals surface area contributed by atoms with Gasteiger partial charge in [-0.15, -0.1) is 0 Å². The number of fused-ring (bicyclic) bond motifs is 2. The Hall–Kier alpha value is -2.56. The van der Waals surface area contributed by atoms with Gasteiger partial charge in [0.1, 0.15) is 11.9 Å². The molecule has 3 N–H and O–H groups in total. The van der Waals surface area contributed by atoms with Gasteiger partial charge in [0.15, 0.2) is 28.6 Å². The van der Waals surface area contributed by atoms with Gasteiger partial charge in [-0.3, -0.25) is 0 Å². The van der Waals surface area contributed by atoms with Crippen molar-refractivity contribution in [2.24, 2.45) is 11.8 Å². The summed E-state index contributed by atoms with van der Waals surface area (Å²) < 4.78 is 34.7. The summed E-state index contributed by atoms with van der Waals surface area (Å²) in [6.45, 7) is -0.127. The van der Waals surface area contributed by atoms with Crippen LogP contribution in [0.15, 0.2) is 18.5 Å². The van der Waals surface area contributed by atoms with Gasteiger partial charge in [0.2, 0.25) is 5.28 Å². The van der Waals surface area contributed by atoms with E-state index in [0.29, 0.717) is 11.2 Å². The number of ether oxygens (including phenoxy) is 1. The molecule has 2 fully saturated rings. The molecule has 5 atom stereocenters. The van der Waals surface area contributed by atoms with Crippen molar-refractivity contribution in [3.8, 4) is 5.75 Å². The number of methoxy groups -OCH3 is 1. The van der Waals surface area contributed by atoms with Crippen molar-refractivity contribution in [3.05, 3.63) is 40.9 Å². The predicted octanol–water partition coefficient (Wildman–Crippen LogP) is 2.29. The van der Waals surface area contributed by atoms with Crippen molar-refractivity contribution in [3.63, 3.8) is 0 Å². The first-order valence-electron chi connectivity index (χ1n) is 9.41. The largest absolute Gasteiger partial charge is 0.496 e. The van der Waals surface area contributed by atoms with Gasteiger partial charge >= 0.3 is 0 Å². The highest BCUT2D eigenvalue weighted by molar-refractivity contribution is 6.28. The maximum Gasteiger partial charge on any atom is 0.226 e. The molecule has 2 saturated carbocycles. The number of aromatic nitrogens is 4. The van der Waals surface area contributed by atoms with E-state index in [1.807, 2.05) is 0 Å². The minimum atomic E-state index is -1.02. The number of nitrogens with zero attached hydrogens (tertiary/aromatic N) is 4. The van der Waals surface area contributed by atoms with Gasteiger partial charge in [0, 0.05) is 6.54 Å². The van der Waals surface area contributed by atoms with Crippen molar-refractivity contribution >= 4 is 28.6 Å². The van der Waals surface area contributed by atoms with Crippen LogP contribution in [0.5, 0.6) is 5.75 Å². The van der Waals surface area contributed by atoms with Crippen LogP contribution in [0.3, 0.4) is 0 Å². The van der Waals surface area contributed by atoms with Crippen LogP contribution in [0.1, 0.15) is 18.0 Å². The lowest BCUT2D eigenvalue weighted by Gasteiger charge is -2.22. The van der Waals surface area contributed by atoms with Gasteiger partial charge in [-0.05, 0) is 42.0 Å². The summed E-state index contributed by atoms with van der Waals surface area (Å²) in [6.07, 6.45) is 0.633. The zero-order valence-electron chi connectivity index (χ0n) is 15.8. The monoisotopic (exact) mass is 437 g/mol. The van der Waals surface area contributed by atoms with Crippen LogP contribution in [0.2, 0.25) is 5.28 Å². The Balaban J connectivity index is 1.50. The third kappa shape index (κ3) is 2.90. The number of hydrogen-bond donors (Lipinski definition) is 3. The molecule has 0 radical (unpaired) electrons. The predicted molar refractivity (Wildman–Crippen MR) is 103 cm³/mol. The number of aliphatic hydroxyl groups excluding tert-OH is 2. The first-order valence-corrected chi connectivity index (χ1v) is 9.79. The fourth-order valence-electron chi connectivity index (χ4n) is 4.43. The Morgan fingerprint density at radius 2 is 2.03 bits per heavy atom. The molecule has 8 nitrogen and oxygen atoms in total. The van der Waals surface area contributed by atoms with Gasteiger partial charge in [0.05, 0.1) is 31.1 Å². The Morgan fingerprint density at radius 3 is 2.73 bits per heavy atom. The van der Waals surface area contributed by atoms with Crippen molar-refractivity contribution < 1.29 is 23.7 Å². The molecule has 0 aliphatic heterocycles. The highest BCUT2D eigenvalue weighted by Gasteiger charge is 2.60. The van der Waals surface area contributed by atoms with Crippen molar-refractivity contribution in [2.75, 3.05) is 12.4 Å². The third-order valence-corrected chi connectivity index (χ3v) is 6.16. The first-order chi connectivity index (χ1) is 14.4. The normalized spacial score (nSPS) is 27.3. The highest BCUT2D eigenvalue weighted by atomic mass is 35.5. The average molecular weight is 438 g/mol. The minimum absolute atomic E-state index is 0.00465. The van der Waals surface area contributed by atoms with Crippen molar-refractivity contribution in [2.45, 2.75) is 31.2 Å². The Kier molecular flexibility index (Phi) is 4.53. The maximum atomic E-state index is 14.3. The molecule has 3 aromatic rings. The molecular formula is C19H18ClF2N5O3. The van der Waals surface area contributed by atoms with E-state index in [0.717, 1.165) is 12.5 Å². The number of anilines is 1. The number of benzene rings is 1. The fraction of sp³-hybridized carbons (Fsp3) is 0.421. The van der Waals surface area contributed by atoms with E-state index in [-0.39, 0.29) is 46.8 Å². The van der Waals surface area contributed by atoms with Crippen LogP contribution in [0.4, 0.5) is 14.6 Å². The SMILES string of the molecule is COc1ccc(F)c(F)c1CNc1nc(Cl)nc2c1ncn2[C@H]1[C@H](O)[C@H](O)[C@@H]2C[C@@H]21. The maximum absolute atomic E-state index is 14.3. The molecule has 5 rings (SSSR count). The van der Waals surface area contributed by atoms with Crippen molar-refractivity contribution in [1.82, 2.24) is 19.5 Å². The molecule has 158 valence electrons. The topological polar surface area (TPSA) is 105 Å². The summed E-state index contributed by atoms with van der Waals surface area (Å²) in [6, 6.07) is 1.96. The molecule has 0 unspecified atom stereocenters. The number of imidazole rings is 1. The molecule has 0 spiro atoms. The lowest BCUT2D eigenvalue weighted by Crippen LogP contribution is -2.31. The Bertz CT molecular complexity index is 1140. The molecule has 2 heterocycles. The molecule has 30 heavy (non-hydrogen) atoms. The first kappa shape index (κ1) is 19.4. The molecule has 0 saturated heterocycles. The quantitative estimate of drug-likeness (QED) is 0.526. The Morgan fingerprint density at radius 1 is 1.23 bits per heavy atom. The second kappa shape index (κ2) is 7.00. The van der Waals surface area contributed by atoms with Crippen LogP contribution in [-0.4, -0.2) is 49.0 Å². The van der Waals surface area contributed by atoms with Gasteiger partial charge < -0.3 is 24.8 Å². The average Bonchev–Trinajstić information content (AvgIpc) is 3.33. The molecule has 1 aromatic carbocycles. The molecule has 2 aromatic heterocycles. The van der Waals surface area contributed by atoms with Gasteiger partial charge in [-0.2, -0.15) is 9.97 Å². The smallest absolute Gasteiger partial charge is 0.226 e. The number of aliphatic hydroxyl groups is 2. The van der Waals surface area contributed by atoms with Crippen LogP contribution >= 0.6 is 11.6 Å². The van der Waals surface area contributed by atoms with E-state index >= 15 is 0 Å². The highest BCUT2D eigenvalue weighted by Crippen LogP contribution is 2.57. The molecule has 11 heteroatoms. The second-order valence-corrected chi connectivity index (χ2v) is 7.93. The van der Waals surface area contributed by atoms with E-state index in [1.54, 1.807) is 4.57 Å². The molecule has 2 aliphatic rings. The number of halogens is 3. The standard InChI is InChI=1S/C19H18ClF2N5O3/c1-30-11-3-2-10(21)12(22)9(11)5-23-17-13-18(26-19(20)25-17)27(6-24-13)14-7-4-8(7)15(28)16(14)29/h2-3,6-8,14-16,28-29H,4-5H2,1H3,(H,23,25,26)/t7-,8+,14+,15+,16-/m0/s1. The second-order valence-electron chi connectivity index (χ2n) is 7.60. The molecule has 0 bridgehead atoms. The minimum Gasteiger partial charge on any atom is -0.496 e. The van der Waals surface area contributed by atoms with E-state index in [9.17, 15) is 19.0 Å². The fourth-order valence-corrected chi connectivity index (χ4v) is 4.60. The summed E-state index contributed by atoms with van der Waals surface area (Å²) in [5, 5.41) is 23.4. The van der Waals surface area contributed by atoms with Gasteiger partial charge in [-0.1, -0.05) is 0 Å². The molecular weight excluding hydrogens is 420 g/mol. The zero-order valence-corrected chi connectivity index (χ0v) is 16.5. The summed E-state index contributed by atoms with van der Waals surface area (Å²) in [7, 11) is 1.37. The van der Waals surface area contributed by atoms with Gasteiger partial charge in [0.25, 0.3) is 0 Å². The third-order valence-electron chi connectivity index (χ3n) is 5.99. The summed E-state index contributed by atoms with van der Waals surface area (Å²) in [5.74, 6) is -1.38. The lowest BCUT2D eigenvalue weighted by molar-refractivity contribution is 0.00386. The summed E-state index contributed by atoms with van der Waals surface area (Å²) >= 11 is 6.09. The van der Waals surface area contributed by atoms with Crippen LogP contribution in [-0.2, 0) is 6.54 Å². The van der Waals surface area contributed by atoms with Crippen LogP contribution < -0.4 is 10.1 Å². The number of nitrogens with one attached hydrogen (secondary N) is 1. The van der Waals surface area contributed by atoms with E-state index in [2.05, 4.69) is 20.3 Å². The van der Waals surface area contributed by atoms with Gasteiger partial charge in [-0.25, -0.2) is 13.8 Å². The van der Waals surface area contributed by atoms with Crippen LogP contribution in [0.25, 0.3) is 11.2 Å². The Labute approximate surface area is 174 Å². The lowest BCUT2D eigenvalue weighted by atomic mass is 10.1. The summed E-state index contributed by atoms with van der Waals surface area (Å²) in [4.78, 5) is 12.7. The zero-order chi connectivity index (χ0) is 21.2. The molecule has 2 aliphatic carbocycles. The van der Waals surface area contributed by atoms with E-state index in [1.165, 1.54) is 19.5 Å². The summed E-state index contributed by atoms with van der Waals surface area (Å²) in [5.41, 5.74) is 0.740. The number of hydrogen-bond acceptors (Lipinski definition) is 7. The van der Waals surface area contributed by atoms with E-state index < -0.39 is 23.8 Å². The number of rotatable bonds is 5. The van der Waals surface area contributed by atoms with Crippen molar-refractivity contribution in [1.29, 1.82) is 0 Å². The van der Waals surface area contributed by atoms with Crippen LogP contribution in [0, 0.1) is 23.5 Å². The molecule has 0 amide bonds.